The van der Waals surface area contributed by atoms with Crippen LogP contribution in [0.1, 0.15) is 63.8 Å². The predicted octanol–water partition coefficient (Wildman–Crippen LogP) is 11.4. The van der Waals surface area contributed by atoms with Crippen LogP contribution in [-0.4, -0.2) is 9.97 Å². The topological polar surface area (TPSA) is 39.9 Å². The first-order valence-electron chi connectivity index (χ1n) is 16.4. The molecule has 3 heterocycles. The summed E-state index contributed by atoms with van der Waals surface area (Å²) in [6.45, 7) is 18.0. The van der Waals surface area contributed by atoms with Gasteiger partial charge in [-0.05, 0) is 87.0 Å². The van der Waals surface area contributed by atoms with Crippen LogP contribution in [0.25, 0.3) is 66.6 Å². The first-order valence-corrected chi connectivity index (χ1v) is 16.4. The number of aromatic nitrogens is 3. The molecule has 0 N–H and O–H groups in total. The normalized spacial score (nSPS) is 12.0. The molecule has 4 heteroatoms. The third-order valence-corrected chi connectivity index (χ3v) is 9.28. The minimum atomic E-state index is -0.0774. The third-order valence-electron chi connectivity index (χ3n) is 9.28. The summed E-state index contributed by atoms with van der Waals surface area (Å²) in [4.78, 5) is 15.0. The summed E-state index contributed by atoms with van der Waals surface area (Å²) in [5, 5.41) is 2.33. The van der Waals surface area contributed by atoms with Gasteiger partial charge in [0.1, 0.15) is 0 Å². The molecule has 0 amide bonds. The van der Waals surface area contributed by atoms with Gasteiger partial charge in [0.15, 0.2) is 0 Å². The van der Waals surface area contributed by atoms with Gasteiger partial charge >= 0.3 is 21.1 Å². The second kappa shape index (κ2) is 12.6. The monoisotopic (exact) mass is 806 g/mol. The Hall–Kier alpha value is -4.33. The molecule has 0 aliphatic carbocycles. The summed E-state index contributed by atoms with van der Waals surface area (Å²) in [6.07, 6.45) is 3.72. The molecule has 3 aromatic heterocycles. The van der Waals surface area contributed by atoms with Gasteiger partial charge in [0.25, 0.3) is 0 Å². The fourth-order valence-electron chi connectivity index (χ4n) is 6.61. The van der Waals surface area contributed by atoms with E-state index in [-0.39, 0.29) is 31.9 Å². The number of aryl methyl sites for hydroxylation is 2. The second-order valence-electron chi connectivity index (χ2n) is 14.8. The number of nitrogens with zero attached hydrogens (tertiary/aromatic N) is 3. The van der Waals surface area contributed by atoms with Crippen LogP contribution >= 0.6 is 0 Å². The summed E-state index contributed by atoms with van der Waals surface area (Å²) < 4.78 is 0. The van der Waals surface area contributed by atoms with E-state index in [9.17, 15) is 0 Å². The van der Waals surface area contributed by atoms with Crippen molar-refractivity contribution in [3.05, 3.63) is 132 Å². The van der Waals surface area contributed by atoms with Crippen LogP contribution in [0.4, 0.5) is 0 Å². The minimum Gasteiger partial charge on any atom is -0.662 e. The smallest absolute Gasteiger partial charge is 0.662 e. The minimum absolute atomic E-state index is 0. The number of hydrogen-bond acceptors (Lipinski definition) is 2. The van der Waals surface area contributed by atoms with Crippen molar-refractivity contribution >= 4 is 21.8 Å². The van der Waals surface area contributed by atoms with Crippen LogP contribution in [0.3, 0.4) is 0 Å². The average molecular weight is 807 g/mol. The molecule has 7 aromatic rings. The largest absolute Gasteiger partial charge is 2.00 e. The number of benzene rings is 4. The molecular formula is C44H41N3Pt. The fraction of sp³-hybridized carbons (Fsp3) is 0.227. The molecule has 242 valence electrons. The van der Waals surface area contributed by atoms with Crippen molar-refractivity contribution in [2.24, 2.45) is 0 Å². The summed E-state index contributed by atoms with van der Waals surface area (Å²) in [7, 11) is 0. The van der Waals surface area contributed by atoms with E-state index in [4.69, 9.17) is 15.0 Å². The summed E-state index contributed by atoms with van der Waals surface area (Å²) in [5.41, 5.74) is 15.2. The Morgan fingerprint density at radius 2 is 1.08 bits per heavy atom. The standard InChI is InChI=1S/C44H41N3.Pt/c1-27-14-13-15-28(2)40(27)31-21-29(20-30(22-31)38-16-9-11-18-45-38)34-23-32(43(3,4)5)24-35-36-25-33(44(6,7)8)26-37(42(36)47-41(34)35)39-17-10-12-19-46-39;/h9-19,21-26H,1-8H3;/q-2;+2. The summed E-state index contributed by atoms with van der Waals surface area (Å²) >= 11 is 0. The molecule has 3 nitrogen and oxygen atoms in total. The third kappa shape index (κ3) is 6.17. The van der Waals surface area contributed by atoms with Gasteiger partial charge in [-0.15, -0.1) is 29.3 Å². The Kier molecular flexibility index (Phi) is 8.81. The van der Waals surface area contributed by atoms with Gasteiger partial charge in [-0.1, -0.05) is 119 Å². The zero-order valence-corrected chi connectivity index (χ0v) is 31.2. The first-order chi connectivity index (χ1) is 22.4. The molecule has 48 heavy (non-hydrogen) atoms. The van der Waals surface area contributed by atoms with Crippen molar-refractivity contribution in [3.8, 4) is 44.8 Å². The molecule has 0 saturated heterocycles. The van der Waals surface area contributed by atoms with Crippen molar-refractivity contribution in [3.63, 3.8) is 0 Å². The van der Waals surface area contributed by atoms with Crippen molar-refractivity contribution in [1.29, 1.82) is 0 Å². The Morgan fingerprint density at radius 3 is 1.62 bits per heavy atom. The van der Waals surface area contributed by atoms with Crippen LogP contribution in [0.5, 0.6) is 0 Å². The van der Waals surface area contributed by atoms with Crippen molar-refractivity contribution in [1.82, 2.24) is 15.0 Å². The SMILES string of the molecule is Cc1cccc(C)c1-c1cc(-c2ccccn2)[c-]c(-c2cc(C(C)(C)C)cc3c2[n-]c2c(-c4ccccn4)cc(C(C)(C)C)cc23)c1.[Pt+2]. The van der Waals surface area contributed by atoms with Crippen LogP contribution < -0.4 is 4.98 Å². The van der Waals surface area contributed by atoms with Crippen molar-refractivity contribution in [2.45, 2.75) is 66.2 Å². The molecular weight excluding hydrogens is 766 g/mol. The van der Waals surface area contributed by atoms with E-state index in [0.717, 1.165) is 61.0 Å². The molecule has 7 rings (SSSR count). The van der Waals surface area contributed by atoms with Crippen molar-refractivity contribution in [2.75, 3.05) is 0 Å². The van der Waals surface area contributed by atoms with E-state index in [0.29, 0.717) is 0 Å². The van der Waals surface area contributed by atoms with Gasteiger partial charge in [0.2, 0.25) is 0 Å². The molecule has 0 unspecified atom stereocenters. The zero-order valence-electron chi connectivity index (χ0n) is 29.0. The van der Waals surface area contributed by atoms with Crippen molar-refractivity contribution < 1.29 is 21.1 Å². The number of rotatable bonds is 4. The molecule has 0 atom stereocenters. The quantitative estimate of drug-likeness (QED) is 0.166. The first kappa shape index (κ1) is 33.6. The molecule has 0 aliphatic rings. The van der Waals surface area contributed by atoms with Gasteiger partial charge in [-0.25, -0.2) is 0 Å². The molecule has 0 spiro atoms. The van der Waals surface area contributed by atoms with Gasteiger partial charge in [0.05, 0.1) is 5.69 Å². The van der Waals surface area contributed by atoms with E-state index in [1.54, 1.807) is 0 Å². The Morgan fingerprint density at radius 1 is 0.562 bits per heavy atom. The molecule has 0 saturated carbocycles. The van der Waals surface area contributed by atoms with E-state index >= 15 is 0 Å². The van der Waals surface area contributed by atoms with Gasteiger partial charge < -0.3 is 4.98 Å². The fourth-order valence-corrected chi connectivity index (χ4v) is 6.61. The maximum absolute atomic E-state index is 5.48. The second-order valence-corrected chi connectivity index (χ2v) is 14.8. The number of fused-ring (bicyclic) bond motifs is 3. The van der Waals surface area contributed by atoms with Crippen LogP contribution in [0.15, 0.2) is 103 Å². The van der Waals surface area contributed by atoms with Gasteiger partial charge in [0, 0.05) is 18.1 Å². The van der Waals surface area contributed by atoms with Gasteiger partial charge in [-0.2, -0.15) is 5.52 Å². The van der Waals surface area contributed by atoms with Gasteiger partial charge in [-0.3, -0.25) is 9.97 Å². The molecule has 0 fully saturated rings. The molecule has 0 aliphatic heterocycles. The Balaban J connectivity index is 0.00000401. The number of hydrogen-bond donors (Lipinski definition) is 0. The molecule has 4 aromatic carbocycles. The summed E-state index contributed by atoms with van der Waals surface area (Å²) in [6, 6.07) is 36.3. The van der Waals surface area contributed by atoms with E-state index in [2.05, 4.69) is 134 Å². The van der Waals surface area contributed by atoms with E-state index < -0.39 is 0 Å². The predicted molar refractivity (Wildman–Crippen MR) is 198 cm³/mol. The average Bonchev–Trinajstić information content (AvgIpc) is 3.42. The zero-order chi connectivity index (χ0) is 33.1. The van der Waals surface area contributed by atoms with Crippen LogP contribution in [0, 0.1) is 19.9 Å². The maximum atomic E-state index is 5.48. The Bertz CT molecular complexity index is 2250. The summed E-state index contributed by atoms with van der Waals surface area (Å²) in [5.74, 6) is 0. The molecule has 0 radical (unpaired) electrons. The molecule has 0 bridgehead atoms. The van der Waals surface area contributed by atoms with Crippen LogP contribution in [-0.2, 0) is 31.9 Å². The van der Waals surface area contributed by atoms with E-state index in [1.165, 1.54) is 27.8 Å². The number of pyridine rings is 2. The Labute approximate surface area is 299 Å². The van der Waals surface area contributed by atoms with E-state index in [1.807, 2.05) is 30.6 Å². The van der Waals surface area contributed by atoms with Crippen LogP contribution in [0.2, 0.25) is 0 Å². The maximum Gasteiger partial charge on any atom is 2.00 e.